The topological polar surface area (TPSA) is 78.4 Å². The van der Waals surface area contributed by atoms with Gasteiger partial charge in [0, 0.05) is 10.5 Å². The van der Waals surface area contributed by atoms with Crippen molar-refractivity contribution in [3.05, 3.63) is 61.6 Å². The van der Waals surface area contributed by atoms with Gasteiger partial charge in [0.2, 0.25) is 0 Å². The molecule has 0 bridgehead atoms. The van der Waals surface area contributed by atoms with Gasteiger partial charge in [-0.05, 0) is 29.8 Å². The Balaban J connectivity index is 2.15. The van der Waals surface area contributed by atoms with E-state index >= 15 is 0 Å². The zero-order valence-electron chi connectivity index (χ0n) is 10.2. The quantitative estimate of drug-likeness (QED) is 0.506. The van der Waals surface area contributed by atoms with E-state index in [0.717, 1.165) is 4.47 Å². The molecule has 2 aromatic carbocycles. The molecule has 0 aliphatic carbocycles. The first-order valence-electron chi connectivity index (χ1n) is 5.58. The Morgan fingerprint density at radius 3 is 2.70 bits per heavy atom. The molecule has 0 spiro atoms. The molecule has 0 saturated carbocycles. The lowest BCUT2D eigenvalue weighted by Gasteiger charge is -2.08. The number of hydrogen-bond acceptors (Lipinski definition) is 4. The predicted molar refractivity (Wildman–Crippen MR) is 81.0 cm³/mol. The molecule has 2 N–H and O–H groups in total. The monoisotopic (exact) mass is 356 g/mol. The van der Waals surface area contributed by atoms with E-state index in [1.807, 2.05) is 0 Å². The lowest BCUT2D eigenvalue weighted by Crippen LogP contribution is -2.00. The second-order valence-electron chi connectivity index (χ2n) is 4.01. The van der Waals surface area contributed by atoms with Crippen molar-refractivity contribution in [3.8, 4) is 5.75 Å². The van der Waals surface area contributed by atoms with Gasteiger partial charge < -0.3 is 10.5 Å². The van der Waals surface area contributed by atoms with Gasteiger partial charge in [-0.3, -0.25) is 10.1 Å². The van der Waals surface area contributed by atoms with Crippen molar-refractivity contribution in [3.63, 3.8) is 0 Å². The van der Waals surface area contributed by atoms with E-state index in [1.165, 1.54) is 12.1 Å². The number of anilines is 1. The molecule has 0 saturated heterocycles. The van der Waals surface area contributed by atoms with Crippen molar-refractivity contribution in [2.24, 2.45) is 0 Å². The van der Waals surface area contributed by atoms with Crippen molar-refractivity contribution < 1.29 is 9.66 Å². The molecule has 0 radical (unpaired) electrons. The molecule has 5 nitrogen and oxygen atoms in total. The summed E-state index contributed by atoms with van der Waals surface area (Å²) in [5, 5.41) is 11.3. The Morgan fingerprint density at radius 2 is 2.05 bits per heavy atom. The van der Waals surface area contributed by atoms with Gasteiger partial charge in [-0.25, -0.2) is 0 Å². The Kier molecular flexibility index (Phi) is 4.46. The average Bonchev–Trinajstić information content (AvgIpc) is 2.39. The average molecular weight is 358 g/mol. The molecule has 7 heteroatoms. The summed E-state index contributed by atoms with van der Waals surface area (Å²) in [6, 6.07) is 9.78. The van der Waals surface area contributed by atoms with Crippen molar-refractivity contribution in [1.29, 1.82) is 0 Å². The second-order valence-corrected chi connectivity index (χ2v) is 5.34. The van der Waals surface area contributed by atoms with Gasteiger partial charge in [-0.15, -0.1) is 0 Å². The fourth-order valence-electron chi connectivity index (χ4n) is 1.59. The number of hydrogen-bond donors (Lipinski definition) is 1. The first kappa shape index (κ1) is 14.6. The number of nitro benzene ring substituents is 1. The number of nitrogen functional groups attached to an aromatic ring is 1. The minimum atomic E-state index is -0.522. The molecule has 0 fully saturated rings. The fourth-order valence-corrected chi connectivity index (χ4v) is 2.32. The number of nitrogens with zero attached hydrogens (tertiary/aromatic N) is 1. The molecule has 104 valence electrons. The third-order valence-corrected chi connectivity index (χ3v) is 3.37. The third kappa shape index (κ3) is 3.40. The van der Waals surface area contributed by atoms with Gasteiger partial charge in [0.1, 0.15) is 18.0 Å². The number of nitrogens with two attached hydrogens (primary N) is 1. The van der Waals surface area contributed by atoms with Crippen molar-refractivity contribution >= 4 is 38.9 Å². The SMILES string of the molecule is Nc1ccc(COc2ccc(Br)cc2Cl)cc1[N+](=O)[O-]. The van der Waals surface area contributed by atoms with Crippen LogP contribution in [0.3, 0.4) is 0 Å². The first-order chi connectivity index (χ1) is 9.47. The second kappa shape index (κ2) is 6.11. The summed E-state index contributed by atoms with van der Waals surface area (Å²) in [5.74, 6) is 0.509. The highest BCUT2D eigenvalue weighted by Crippen LogP contribution is 2.29. The van der Waals surface area contributed by atoms with E-state index in [1.54, 1.807) is 24.3 Å². The van der Waals surface area contributed by atoms with E-state index in [9.17, 15) is 10.1 Å². The van der Waals surface area contributed by atoms with Crippen LogP contribution in [0.5, 0.6) is 5.75 Å². The number of ether oxygens (including phenoxy) is 1. The minimum Gasteiger partial charge on any atom is -0.487 e. The van der Waals surface area contributed by atoms with Crippen LogP contribution in [0, 0.1) is 10.1 Å². The van der Waals surface area contributed by atoms with Crippen LogP contribution >= 0.6 is 27.5 Å². The summed E-state index contributed by atoms with van der Waals surface area (Å²) >= 11 is 9.32. The summed E-state index contributed by atoms with van der Waals surface area (Å²) in [6.45, 7) is 0.169. The van der Waals surface area contributed by atoms with Crippen LogP contribution < -0.4 is 10.5 Å². The molecule has 0 aliphatic rings. The molecule has 0 unspecified atom stereocenters. The van der Waals surface area contributed by atoms with E-state index < -0.39 is 4.92 Å². The maximum Gasteiger partial charge on any atom is 0.292 e. The van der Waals surface area contributed by atoms with Gasteiger partial charge in [0.15, 0.2) is 0 Å². The van der Waals surface area contributed by atoms with E-state index in [0.29, 0.717) is 16.3 Å². The van der Waals surface area contributed by atoms with Gasteiger partial charge in [-0.1, -0.05) is 33.6 Å². The van der Waals surface area contributed by atoms with Crippen LogP contribution in [0.25, 0.3) is 0 Å². The molecule has 0 atom stereocenters. The summed E-state index contributed by atoms with van der Waals surface area (Å²) in [4.78, 5) is 10.3. The van der Waals surface area contributed by atoms with Crippen LogP contribution in [-0.2, 0) is 6.61 Å². The molecule has 2 rings (SSSR count). The molecule has 0 heterocycles. The van der Waals surface area contributed by atoms with Crippen LogP contribution in [0.1, 0.15) is 5.56 Å². The molecular formula is C13H10BrClN2O3. The van der Waals surface area contributed by atoms with Gasteiger partial charge >= 0.3 is 0 Å². The van der Waals surface area contributed by atoms with Gasteiger partial charge in [-0.2, -0.15) is 0 Å². The highest BCUT2D eigenvalue weighted by atomic mass is 79.9. The largest absolute Gasteiger partial charge is 0.487 e. The number of benzene rings is 2. The van der Waals surface area contributed by atoms with Gasteiger partial charge in [0.05, 0.1) is 9.95 Å². The molecule has 0 amide bonds. The highest BCUT2D eigenvalue weighted by Gasteiger charge is 2.12. The van der Waals surface area contributed by atoms with E-state index in [-0.39, 0.29) is 18.0 Å². The van der Waals surface area contributed by atoms with Crippen LogP contribution in [-0.4, -0.2) is 4.92 Å². The number of halogens is 2. The normalized spacial score (nSPS) is 10.3. The van der Waals surface area contributed by atoms with Crippen molar-refractivity contribution in [1.82, 2.24) is 0 Å². The predicted octanol–water partition coefficient (Wildman–Crippen LogP) is 4.17. The van der Waals surface area contributed by atoms with Crippen molar-refractivity contribution in [2.75, 3.05) is 5.73 Å². The van der Waals surface area contributed by atoms with E-state index in [4.69, 9.17) is 22.1 Å². The summed E-state index contributed by atoms with van der Waals surface area (Å²) in [6.07, 6.45) is 0. The Hall–Kier alpha value is -1.79. The third-order valence-electron chi connectivity index (χ3n) is 2.58. The summed E-state index contributed by atoms with van der Waals surface area (Å²) < 4.78 is 6.38. The first-order valence-corrected chi connectivity index (χ1v) is 6.75. The van der Waals surface area contributed by atoms with E-state index in [2.05, 4.69) is 15.9 Å². The maximum atomic E-state index is 10.8. The fraction of sp³-hybridized carbons (Fsp3) is 0.0769. The molecule has 0 aliphatic heterocycles. The Morgan fingerprint density at radius 1 is 1.30 bits per heavy atom. The Bertz CT molecular complexity index is 664. The van der Waals surface area contributed by atoms with Crippen LogP contribution in [0.15, 0.2) is 40.9 Å². The summed E-state index contributed by atoms with van der Waals surface area (Å²) in [7, 11) is 0. The van der Waals surface area contributed by atoms with Crippen LogP contribution in [0.4, 0.5) is 11.4 Å². The smallest absolute Gasteiger partial charge is 0.292 e. The summed E-state index contributed by atoms with van der Waals surface area (Å²) in [5.41, 5.74) is 6.17. The van der Waals surface area contributed by atoms with Gasteiger partial charge in [0.25, 0.3) is 5.69 Å². The number of rotatable bonds is 4. The molecule has 2 aromatic rings. The lowest BCUT2D eigenvalue weighted by atomic mass is 10.2. The highest BCUT2D eigenvalue weighted by molar-refractivity contribution is 9.10. The lowest BCUT2D eigenvalue weighted by molar-refractivity contribution is -0.384. The van der Waals surface area contributed by atoms with Crippen molar-refractivity contribution in [2.45, 2.75) is 6.61 Å². The number of nitro groups is 1. The minimum absolute atomic E-state index is 0.125. The standard InChI is InChI=1S/C13H10BrClN2O3/c14-9-2-4-13(10(15)6-9)20-7-8-1-3-11(16)12(5-8)17(18)19/h1-6H,7,16H2. The Labute approximate surface area is 128 Å². The maximum absolute atomic E-state index is 10.8. The molecule has 20 heavy (non-hydrogen) atoms. The zero-order valence-corrected chi connectivity index (χ0v) is 12.5. The zero-order chi connectivity index (χ0) is 14.7. The molecule has 0 aromatic heterocycles. The molecular weight excluding hydrogens is 348 g/mol. The van der Waals surface area contributed by atoms with Crippen LogP contribution in [0.2, 0.25) is 5.02 Å².